The Morgan fingerprint density at radius 3 is 2.75 bits per heavy atom. The number of alkyl halides is 1. The van der Waals surface area contributed by atoms with Crippen molar-refractivity contribution in [2.24, 2.45) is 0 Å². The van der Waals surface area contributed by atoms with Crippen LogP contribution in [0.4, 0.5) is 14.9 Å². The van der Waals surface area contributed by atoms with Crippen LogP contribution in [-0.4, -0.2) is 45.6 Å². The van der Waals surface area contributed by atoms with Crippen molar-refractivity contribution < 1.29 is 13.9 Å². The third kappa shape index (κ3) is 3.40. The highest BCUT2D eigenvalue weighted by Crippen LogP contribution is 2.26. The average Bonchev–Trinajstić information content (AvgIpc) is 2.73. The molecule has 1 aliphatic heterocycles. The van der Waals surface area contributed by atoms with Gasteiger partial charge in [-0.3, -0.25) is 4.68 Å². The molecule has 0 unspecified atom stereocenters. The summed E-state index contributed by atoms with van der Waals surface area (Å²) in [6.45, 7) is 5.82. The molecule has 2 N–H and O–H groups in total. The van der Waals surface area contributed by atoms with Crippen molar-refractivity contribution in [2.75, 3.05) is 18.8 Å². The van der Waals surface area contributed by atoms with E-state index in [9.17, 15) is 9.18 Å². The molecule has 6 nitrogen and oxygen atoms in total. The number of carbonyl (C=O) groups excluding carboxylic acids is 1. The maximum Gasteiger partial charge on any atom is 0.410 e. The van der Waals surface area contributed by atoms with E-state index < -0.39 is 17.9 Å². The Morgan fingerprint density at radius 2 is 2.25 bits per heavy atom. The van der Waals surface area contributed by atoms with Gasteiger partial charge < -0.3 is 15.4 Å². The minimum atomic E-state index is -1.18. The van der Waals surface area contributed by atoms with Gasteiger partial charge in [-0.05, 0) is 27.2 Å². The number of nitrogen functional groups attached to an aromatic ring is 1. The second-order valence-electron chi connectivity index (χ2n) is 6.05. The topological polar surface area (TPSA) is 73.4 Å². The summed E-state index contributed by atoms with van der Waals surface area (Å²) in [4.78, 5) is 13.3. The fourth-order valence-electron chi connectivity index (χ4n) is 2.22. The van der Waals surface area contributed by atoms with E-state index in [0.29, 0.717) is 18.7 Å². The monoisotopic (exact) mass is 284 g/mol. The quantitative estimate of drug-likeness (QED) is 0.856. The number of amides is 1. The number of hydrogen-bond donors (Lipinski definition) is 1. The van der Waals surface area contributed by atoms with Crippen LogP contribution in [0.25, 0.3) is 0 Å². The second kappa shape index (κ2) is 5.30. The van der Waals surface area contributed by atoms with E-state index in [4.69, 9.17) is 10.5 Å². The first-order valence-corrected chi connectivity index (χ1v) is 6.68. The number of rotatable bonds is 1. The standard InChI is InChI=1S/C13H21FN4O2/c1-13(2,3)20-12(19)17-5-4-11(10(14)8-17)18-7-9(15)6-16-18/h6-7,10-11H,4-5,8,15H2,1-3H3/t10-,11-/m1/s1. The van der Waals surface area contributed by atoms with Crippen molar-refractivity contribution >= 4 is 11.8 Å². The van der Waals surface area contributed by atoms with Crippen LogP contribution >= 0.6 is 0 Å². The van der Waals surface area contributed by atoms with E-state index in [0.717, 1.165) is 0 Å². The predicted octanol–water partition coefficient (Wildman–Crippen LogP) is 1.99. The lowest BCUT2D eigenvalue weighted by Crippen LogP contribution is -2.47. The zero-order valence-corrected chi connectivity index (χ0v) is 12.0. The molecule has 112 valence electrons. The minimum Gasteiger partial charge on any atom is -0.444 e. The third-order valence-corrected chi connectivity index (χ3v) is 3.12. The zero-order valence-electron chi connectivity index (χ0n) is 12.0. The molecule has 2 atom stereocenters. The van der Waals surface area contributed by atoms with Gasteiger partial charge in [-0.1, -0.05) is 0 Å². The number of carbonyl (C=O) groups is 1. The van der Waals surface area contributed by atoms with Gasteiger partial charge in [0, 0.05) is 12.7 Å². The summed E-state index contributed by atoms with van der Waals surface area (Å²) in [5.74, 6) is 0. The number of likely N-dealkylation sites (tertiary alicyclic amines) is 1. The van der Waals surface area contributed by atoms with E-state index in [1.807, 2.05) is 0 Å². The number of hydrogen-bond acceptors (Lipinski definition) is 4. The molecule has 0 saturated carbocycles. The zero-order chi connectivity index (χ0) is 14.9. The van der Waals surface area contributed by atoms with Gasteiger partial charge in [0.15, 0.2) is 0 Å². The smallest absolute Gasteiger partial charge is 0.410 e. The maximum absolute atomic E-state index is 14.2. The summed E-state index contributed by atoms with van der Waals surface area (Å²) in [6, 6.07) is -0.383. The Bertz CT molecular complexity index is 483. The van der Waals surface area contributed by atoms with Crippen LogP contribution in [0.5, 0.6) is 0 Å². The molecule has 1 aromatic heterocycles. The first kappa shape index (κ1) is 14.6. The minimum absolute atomic E-state index is 0.0132. The maximum atomic E-state index is 14.2. The van der Waals surface area contributed by atoms with Gasteiger partial charge in [0.25, 0.3) is 0 Å². The van der Waals surface area contributed by atoms with E-state index >= 15 is 0 Å². The van der Waals surface area contributed by atoms with Crippen LogP contribution < -0.4 is 5.73 Å². The Balaban J connectivity index is 1.97. The van der Waals surface area contributed by atoms with Crippen LogP contribution in [0.1, 0.15) is 33.2 Å². The summed E-state index contributed by atoms with van der Waals surface area (Å²) in [6.07, 6.45) is 1.93. The van der Waals surface area contributed by atoms with E-state index in [1.54, 1.807) is 27.0 Å². The van der Waals surface area contributed by atoms with Crippen LogP contribution in [0.15, 0.2) is 12.4 Å². The number of nitrogens with zero attached hydrogens (tertiary/aromatic N) is 3. The number of anilines is 1. The van der Waals surface area contributed by atoms with Gasteiger partial charge in [0.05, 0.1) is 24.5 Å². The second-order valence-corrected chi connectivity index (χ2v) is 6.05. The Kier molecular flexibility index (Phi) is 3.87. The van der Waals surface area contributed by atoms with Gasteiger partial charge in [-0.25, -0.2) is 9.18 Å². The first-order chi connectivity index (χ1) is 9.26. The molecule has 2 rings (SSSR count). The summed E-state index contributed by atoms with van der Waals surface area (Å²) in [7, 11) is 0. The number of nitrogens with two attached hydrogens (primary N) is 1. The molecule has 0 spiro atoms. The van der Waals surface area contributed by atoms with E-state index in [-0.39, 0.29) is 12.6 Å². The summed E-state index contributed by atoms with van der Waals surface area (Å²) >= 11 is 0. The van der Waals surface area contributed by atoms with Gasteiger partial charge in [0.2, 0.25) is 0 Å². The van der Waals surface area contributed by atoms with Crippen molar-refractivity contribution in [1.29, 1.82) is 0 Å². The molecule has 20 heavy (non-hydrogen) atoms. The highest BCUT2D eigenvalue weighted by atomic mass is 19.1. The molecule has 0 bridgehead atoms. The highest BCUT2D eigenvalue weighted by Gasteiger charge is 2.34. The summed E-state index contributed by atoms with van der Waals surface area (Å²) < 4.78 is 21.0. The molecule has 0 aromatic carbocycles. The molecule has 7 heteroatoms. The molecule has 1 amide bonds. The van der Waals surface area contributed by atoms with Crippen LogP contribution in [0, 0.1) is 0 Å². The lowest BCUT2D eigenvalue weighted by molar-refractivity contribution is 0.00576. The van der Waals surface area contributed by atoms with Crippen LogP contribution in [0.3, 0.4) is 0 Å². The first-order valence-electron chi connectivity index (χ1n) is 6.68. The number of piperidine rings is 1. The fourth-order valence-corrected chi connectivity index (χ4v) is 2.22. The molecular weight excluding hydrogens is 263 g/mol. The van der Waals surface area contributed by atoms with Crippen LogP contribution in [0.2, 0.25) is 0 Å². The Morgan fingerprint density at radius 1 is 1.55 bits per heavy atom. The largest absolute Gasteiger partial charge is 0.444 e. The molecule has 1 aliphatic rings. The Hall–Kier alpha value is -1.79. The number of halogens is 1. The van der Waals surface area contributed by atoms with Gasteiger partial charge in [0.1, 0.15) is 11.8 Å². The SMILES string of the molecule is CC(C)(C)OC(=O)N1CC[C@@H](n2cc(N)cn2)[C@H](F)C1. The number of aromatic nitrogens is 2. The normalized spacial score (nSPS) is 23.7. The molecule has 0 radical (unpaired) electrons. The lowest BCUT2D eigenvalue weighted by atomic mass is 10.0. The Labute approximate surface area is 117 Å². The molecule has 2 heterocycles. The van der Waals surface area contributed by atoms with Crippen molar-refractivity contribution in [1.82, 2.24) is 14.7 Å². The van der Waals surface area contributed by atoms with Gasteiger partial charge in [-0.2, -0.15) is 5.10 Å². The van der Waals surface area contributed by atoms with Crippen molar-refractivity contribution in [2.45, 2.75) is 45.0 Å². The number of ether oxygens (including phenoxy) is 1. The summed E-state index contributed by atoms with van der Waals surface area (Å²) in [5, 5.41) is 4.04. The van der Waals surface area contributed by atoms with Gasteiger partial charge >= 0.3 is 6.09 Å². The molecule has 1 aromatic rings. The fraction of sp³-hybridized carbons (Fsp3) is 0.692. The highest BCUT2D eigenvalue weighted by molar-refractivity contribution is 5.68. The van der Waals surface area contributed by atoms with Crippen molar-refractivity contribution in [3.05, 3.63) is 12.4 Å². The van der Waals surface area contributed by atoms with E-state index in [2.05, 4.69) is 5.10 Å². The molecule has 0 aliphatic carbocycles. The molecular formula is C13H21FN4O2. The molecule has 1 saturated heterocycles. The third-order valence-electron chi connectivity index (χ3n) is 3.12. The lowest BCUT2D eigenvalue weighted by Gasteiger charge is -2.35. The summed E-state index contributed by atoms with van der Waals surface area (Å²) in [5.41, 5.74) is 5.52. The van der Waals surface area contributed by atoms with Crippen molar-refractivity contribution in [3.63, 3.8) is 0 Å². The predicted molar refractivity (Wildman–Crippen MR) is 73.0 cm³/mol. The average molecular weight is 284 g/mol. The van der Waals surface area contributed by atoms with Gasteiger partial charge in [-0.15, -0.1) is 0 Å². The van der Waals surface area contributed by atoms with Crippen molar-refractivity contribution in [3.8, 4) is 0 Å². The molecule has 1 fully saturated rings. The van der Waals surface area contributed by atoms with E-state index in [1.165, 1.54) is 15.8 Å². The van der Waals surface area contributed by atoms with Crippen LogP contribution in [-0.2, 0) is 4.74 Å².